The predicted molar refractivity (Wildman–Crippen MR) is 128 cm³/mol. The molecule has 0 aromatic heterocycles. The topological polar surface area (TPSA) is 102 Å². The third-order valence-corrected chi connectivity index (χ3v) is 6.07. The van der Waals surface area contributed by atoms with Gasteiger partial charge in [-0.15, -0.1) is 0 Å². The van der Waals surface area contributed by atoms with E-state index in [1.165, 1.54) is 38.0 Å². The van der Waals surface area contributed by atoms with Crippen LogP contribution >= 0.6 is 0 Å². The van der Waals surface area contributed by atoms with Crippen LogP contribution in [0.15, 0.2) is 48.5 Å². The number of hydrogen-bond acceptors (Lipinski definition) is 5. The number of likely N-dealkylation sites (N-methyl/N-ethyl adjacent to an activating group) is 2. The summed E-state index contributed by atoms with van der Waals surface area (Å²) in [6.45, 7) is 4.38. The van der Waals surface area contributed by atoms with E-state index in [9.17, 15) is 14.4 Å². The van der Waals surface area contributed by atoms with Crippen LogP contribution < -0.4 is 10.8 Å². The van der Waals surface area contributed by atoms with Gasteiger partial charge < -0.3 is 10.2 Å². The summed E-state index contributed by atoms with van der Waals surface area (Å²) < 4.78 is 0. The lowest BCUT2D eigenvalue weighted by atomic mass is 10.1. The van der Waals surface area contributed by atoms with Crippen LogP contribution in [0.2, 0.25) is 0 Å². The van der Waals surface area contributed by atoms with Crippen LogP contribution in [0.5, 0.6) is 0 Å². The first-order valence-electron chi connectivity index (χ1n) is 11.2. The minimum atomic E-state index is -1.50. The molecule has 0 spiro atoms. The van der Waals surface area contributed by atoms with Crippen molar-refractivity contribution in [3.8, 4) is 11.8 Å². The van der Waals surface area contributed by atoms with Crippen molar-refractivity contribution in [1.29, 1.82) is 0 Å². The molecule has 3 rings (SSSR count). The van der Waals surface area contributed by atoms with Crippen molar-refractivity contribution in [2.75, 3.05) is 20.6 Å². The maximum atomic E-state index is 12.7. The van der Waals surface area contributed by atoms with Gasteiger partial charge in [0.2, 0.25) is 0 Å². The van der Waals surface area contributed by atoms with Gasteiger partial charge >= 0.3 is 0 Å². The lowest BCUT2D eigenvalue weighted by Gasteiger charge is -2.25. The van der Waals surface area contributed by atoms with Crippen LogP contribution in [0, 0.1) is 11.8 Å². The molecule has 0 radical (unpaired) electrons. The van der Waals surface area contributed by atoms with Crippen molar-refractivity contribution >= 4 is 17.7 Å². The van der Waals surface area contributed by atoms with E-state index in [1.807, 2.05) is 12.1 Å². The molecule has 3 N–H and O–H groups in total. The zero-order chi connectivity index (χ0) is 24.7. The maximum Gasteiger partial charge on any atom is 0.275 e. The number of amides is 3. The molecule has 1 fully saturated rings. The van der Waals surface area contributed by atoms with Gasteiger partial charge in [-0.2, -0.15) is 0 Å². The fourth-order valence-electron chi connectivity index (χ4n) is 3.99. The SMILES string of the molecule is CNC(=O)C(C(=O)NO)N(C)C(=O)c1ccc(C#Cc2ccc(CN3CCCC3C)cc2)cc1. The Labute approximate surface area is 199 Å². The third-order valence-electron chi connectivity index (χ3n) is 6.07. The Balaban J connectivity index is 1.65. The molecule has 2 unspecified atom stereocenters. The third kappa shape index (κ3) is 6.01. The fourth-order valence-corrected chi connectivity index (χ4v) is 3.99. The summed E-state index contributed by atoms with van der Waals surface area (Å²) in [5.41, 5.74) is 4.61. The molecule has 0 saturated carbocycles. The van der Waals surface area contributed by atoms with Gasteiger partial charge in [0.05, 0.1) is 0 Å². The minimum absolute atomic E-state index is 0.285. The summed E-state index contributed by atoms with van der Waals surface area (Å²) in [5.74, 6) is 3.96. The van der Waals surface area contributed by atoms with E-state index in [0.29, 0.717) is 6.04 Å². The van der Waals surface area contributed by atoms with Crippen molar-refractivity contribution in [2.24, 2.45) is 0 Å². The number of carbonyl (C=O) groups excluding carboxylic acids is 3. The summed E-state index contributed by atoms with van der Waals surface area (Å²) in [6, 6.07) is 14.0. The fraction of sp³-hybridized carbons (Fsp3) is 0.346. The second kappa shape index (κ2) is 11.5. The van der Waals surface area contributed by atoms with Gasteiger partial charge in [-0.3, -0.25) is 24.5 Å². The van der Waals surface area contributed by atoms with Crippen LogP contribution in [-0.2, 0) is 16.1 Å². The van der Waals surface area contributed by atoms with Gasteiger partial charge in [-0.1, -0.05) is 24.0 Å². The van der Waals surface area contributed by atoms with Gasteiger partial charge in [0.15, 0.2) is 6.04 Å². The van der Waals surface area contributed by atoms with Crippen molar-refractivity contribution in [2.45, 2.75) is 38.4 Å². The number of rotatable bonds is 6. The highest BCUT2D eigenvalue weighted by Gasteiger charge is 2.33. The standard InChI is InChI=1S/C26H30N4O4/c1-18-5-4-16-30(18)17-21-10-8-19(9-11-21)6-7-20-12-14-22(15-13-20)26(33)29(3)23(24(31)27-2)25(32)28-34/h8-15,18,23,34H,4-5,16-17H2,1-3H3,(H,27,31)(H,28,32). The highest BCUT2D eigenvalue weighted by Crippen LogP contribution is 2.19. The van der Waals surface area contributed by atoms with Crippen LogP contribution in [0.4, 0.5) is 0 Å². The number of hydroxylamine groups is 1. The van der Waals surface area contributed by atoms with E-state index in [-0.39, 0.29) is 5.56 Å². The molecule has 2 aromatic carbocycles. The molecule has 0 aliphatic carbocycles. The van der Waals surface area contributed by atoms with Crippen molar-refractivity contribution < 1.29 is 19.6 Å². The summed E-state index contributed by atoms with van der Waals surface area (Å²) in [6.07, 6.45) is 2.52. The molecule has 1 heterocycles. The summed E-state index contributed by atoms with van der Waals surface area (Å²) in [4.78, 5) is 40.0. The number of likely N-dealkylation sites (tertiary alicyclic amines) is 1. The summed E-state index contributed by atoms with van der Waals surface area (Å²) in [5, 5.41) is 11.2. The average Bonchev–Trinajstić information content (AvgIpc) is 3.27. The van der Waals surface area contributed by atoms with Crippen molar-refractivity contribution in [1.82, 2.24) is 20.6 Å². The second-order valence-corrected chi connectivity index (χ2v) is 8.39. The molecule has 2 atom stereocenters. The molecule has 3 amide bonds. The summed E-state index contributed by atoms with van der Waals surface area (Å²) in [7, 11) is 2.66. The van der Waals surface area contributed by atoms with Gasteiger partial charge in [0.25, 0.3) is 17.7 Å². The molecular formula is C26H30N4O4. The molecular weight excluding hydrogens is 432 g/mol. The van der Waals surface area contributed by atoms with Crippen LogP contribution in [0.3, 0.4) is 0 Å². The van der Waals surface area contributed by atoms with Gasteiger partial charge in [0, 0.05) is 43.4 Å². The molecule has 8 nitrogen and oxygen atoms in total. The Hall–Kier alpha value is -3.67. The van der Waals surface area contributed by atoms with E-state index < -0.39 is 23.8 Å². The maximum absolute atomic E-state index is 12.7. The molecule has 178 valence electrons. The van der Waals surface area contributed by atoms with E-state index in [0.717, 1.165) is 29.1 Å². The zero-order valence-electron chi connectivity index (χ0n) is 19.7. The molecule has 1 saturated heterocycles. The molecule has 1 aliphatic heterocycles. The Morgan fingerprint density at radius 2 is 1.65 bits per heavy atom. The normalized spacial score (nSPS) is 16.2. The number of carbonyl (C=O) groups is 3. The lowest BCUT2D eigenvalue weighted by molar-refractivity contribution is -0.140. The number of nitrogens with zero attached hydrogens (tertiary/aromatic N) is 2. The van der Waals surface area contributed by atoms with E-state index in [4.69, 9.17) is 5.21 Å². The second-order valence-electron chi connectivity index (χ2n) is 8.39. The first kappa shape index (κ1) is 25.0. The Morgan fingerprint density at radius 3 is 2.15 bits per heavy atom. The first-order valence-corrected chi connectivity index (χ1v) is 11.2. The zero-order valence-corrected chi connectivity index (χ0v) is 19.7. The molecule has 8 heteroatoms. The Bertz CT molecular complexity index is 1070. The quantitative estimate of drug-likeness (QED) is 0.263. The van der Waals surface area contributed by atoms with Gasteiger partial charge in [-0.25, -0.2) is 5.48 Å². The van der Waals surface area contributed by atoms with Gasteiger partial charge in [0.1, 0.15) is 0 Å². The van der Waals surface area contributed by atoms with Crippen molar-refractivity contribution in [3.05, 3.63) is 70.8 Å². The summed E-state index contributed by atoms with van der Waals surface area (Å²) >= 11 is 0. The first-order chi connectivity index (χ1) is 16.3. The van der Waals surface area contributed by atoms with Crippen LogP contribution in [0.1, 0.15) is 46.8 Å². The van der Waals surface area contributed by atoms with E-state index in [2.05, 4.69) is 41.1 Å². The molecule has 0 bridgehead atoms. The van der Waals surface area contributed by atoms with Crippen molar-refractivity contribution in [3.63, 3.8) is 0 Å². The van der Waals surface area contributed by atoms with Crippen LogP contribution in [0.25, 0.3) is 0 Å². The molecule has 34 heavy (non-hydrogen) atoms. The van der Waals surface area contributed by atoms with Crippen LogP contribution in [-0.4, -0.2) is 65.5 Å². The van der Waals surface area contributed by atoms with E-state index >= 15 is 0 Å². The minimum Gasteiger partial charge on any atom is -0.357 e. The smallest absolute Gasteiger partial charge is 0.275 e. The molecule has 1 aliphatic rings. The number of nitrogens with one attached hydrogen (secondary N) is 2. The average molecular weight is 463 g/mol. The van der Waals surface area contributed by atoms with Gasteiger partial charge in [-0.05, 0) is 68.3 Å². The number of benzene rings is 2. The lowest BCUT2D eigenvalue weighted by Crippen LogP contribution is -2.54. The number of hydrogen-bond donors (Lipinski definition) is 3. The monoisotopic (exact) mass is 462 g/mol. The molecule has 2 aromatic rings. The predicted octanol–water partition coefficient (Wildman–Crippen LogP) is 1.76. The Kier molecular flexibility index (Phi) is 8.41. The Morgan fingerprint density at radius 1 is 1.06 bits per heavy atom. The largest absolute Gasteiger partial charge is 0.357 e. The van der Waals surface area contributed by atoms with E-state index in [1.54, 1.807) is 24.3 Å². The highest BCUT2D eigenvalue weighted by molar-refractivity contribution is 6.08. The highest BCUT2D eigenvalue weighted by atomic mass is 16.5.